The van der Waals surface area contributed by atoms with Crippen LogP contribution in [0.4, 0.5) is 8.78 Å². The average molecular weight is 163 g/mol. The van der Waals surface area contributed by atoms with Gasteiger partial charge in [-0.3, -0.25) is 0 Å². The highest BCUT2D eigenvalue weighted by molar-refractivity contribution is 6.30. The van der Waals surface area contributed by atoms with E-state index in [1.54, 1.807) is 0 Å². The Labute approximate surface area is 62.4 Å². The minimum atomic E-state index is -0.898. The van der Waals surface area contributed by atoms with Crippen LogP contribution in [-0.4, -0.2) is 0 Å². The van der Waals surface area contributed by atoms with Crippen LogP contribution < -0.4 is 0 Å². The molecule has 3 heteroatoms. The lowest BCUT2D eigenvalue weighted by Crippen LogP contribution is -1.87. The standard InChI is InChI=1S/C7H5ClF2/c1-4-2-5(8)3-6(9)7(4)10/h2-3H,1H3. The van der Waals surface area contributed by atoms with Gasteiger partial charge in [-0.25, -0.2) is 8.78 Å². The third-order valence-electron chi connectivity index (χ3n) is 1.17. The molecule has 1 aromatic carbocycles. The van der Waals surface area contributed by atoms with Gasteiger partial charge in [-0.05, 0) is 24.6 Å². The van der Waals surface area contributed by atoms with E-state index >= 15 is 0 Å². The van der Waals surface area contributed by atoms with Crippen molar-refractivity contribution in [1.29, 1.82) is 0 Å². The number of aryl methyl sites for hydroxylation is 1. The first-order valence-corrected chi connectivity index (χ1v) is 3.10. The summed E-state index contributed by atoms with van der Waals surface area (Å²) in [5.41, 5.74) is 0.227. The van der Waals surface area contributed by atoms with Crippen LogP contribution in [0.15, 0.2) is 12.1 Å². The molecular weight excluding hydrogens is 158 g/mol. The van der Waals surface area contributed by atoms with Crippen LogP contribution in [0, 0.1) is 18.6 Å². The minimum absolute atomic E-state index is 0.219. The molecule has 0 saturated heterocycles. The fourth-order valence-corrected chi connectivity index (χ4v) is 0.944. The Balaban J connectivity index is 3.31. The van der Waals surface area contributed by atoms with Crippen LogP contribution in [0.5, 0.6) is 0 Å². The van der Waals surface area contributed by atoms with Gasteiger partial charge < -0.3 is 0 Å². The number of hydrogen-bond donors (Lipinski definition) is 0. The minimum Gasteiger partial charge on any atom is -0.204 e. The Hall–Kier alpha value is -0.630. The van der Waals surface area contributed by atoms with Gasteiger partial charge in [0.15, 0.2) is 11.6 Å². The maximum absolute atomic E-state index is 12.5. The summed E-state index contributed by atoms with van der Waals surface area (Å²) in [6.45, 7) is 1.46. The lowest BCUT2D eigenvalue weighted by molar-refractivity contribution is 0.503. The van der Waals surface area contributed by atoms with Crippen molar-refractivity contribution < 1.29 is 8.78 Å². The topological polar surface area (TPSA) is 0 Å². The Morgan fingerprint density at radius 2 is 1.90 bits per heavy atom. The Morgan fingerprint density at radius 3 is 2.40 bits per heavy atom. The van der Waals surface area contributed by atoms with Gasteiger partial charge in [0.1, 0.15) is 0 Å². The molecule has 1 rings (SSSR count). The number of benzene rings is 1. The predicted molar refractivity (Wildman–Crippen MR) is 36.1 cm³/mol. The molecule has 0 saturated carbocycles. The molecule has 0 radical (unpaired) electrons. The van der Waals surface area contributed by atoms with Gasteiger partial charge in [-0.15, -0.1) is 0 Å². The molecule has 0 aliphatic rings. The van der Waals surface area contributed by atoms with Crippen molar-refractivity contribution in [3.05, 3.63) is 34.4 Å². The normalized spacial score (nSPS) is 10.0. The van der Waals surface area contributed by atoms with Crippen molar-refractivity contribution in [3.8, 4) is 0 Å². The fourth-order valence-electron chi connectivity index (χ4n) is 0.685. The van der Waals surface area contributed by atoms with Gasteiger partial charge in [-0.2, -0.15) is 0 Å². The summed E-state index contributed by atoms with van der Waals surface area (Å²) in [5, 5.41) is 0.219. The highest BCUT2D eigenvalue weighted by Gasteiger charge is 2.04. The molecule has 0 atom stereocenters. The smallest absolute Gasteiger partial charge is 0.161 e. The zero-order valence-corrected chi connectivity index (χ0v) is 6.04. The van der Waals surface area contributed by atoms with Crippen molar-refractivity contribution in [2.45, 2.75) is 6.92 Å². The summed E-state index contributed by atoms with van der Waals surface area (Å²) >= 11 is 5.42. The Bertz CT molecular complexity index is 235. The second-order valence-electron chi connectivity index (χ2n) is 2.02. The second-order valence-corrected chi connectivity index (χ2v) is 2.45. The van der Waals surface area contributed by atoms with E-state index in [-0.39, 0.29) is 10.6 Å². The van der Waals surface area contributed by atoms with Crippen LogP contribution in [0.2, 0.25) is 5.02 Å². The zero-order valence-electron chi connectivity index (χ0n) is 5.29. The van der Waals surface area contributed by atoms with E-state index in [2.05, 4.69) is 0 Å². The molecule has 0 heterocycles. The SMILES string of the molecule is Cc1cc(Cl)cc(F)c1F. The van der Waals surface area contributed by atoms with Gasteiger partial charge in [0.2, 0.25) is 0 Å². The summed E-state index contributed by atoms with van der Waals surface area (Å²) in [6.07, 6.45) is 0. The molecule has 0 bridgehead atoms. The fraction of sp³-hybridized carbons (Fsp3) is 0.143. The van der Waals surface area contributed by atoms with Crippen molar-refractivity contribution in [2.24, 2.45) is 0 Å². The van der Waals surface area contributed by atoms with Gasteiger partial charge in [0.05, 0.1) is 0 Å². The van der Waals surface area contributed by atoms with Crippen molar-refractivity contribution in [3.63, 3.8) is 0 Å². The lowest BCUT2D eigenvalue weighted by atomic mass is 10.2. The quantitative estimate of drug-likeness (QED) is 0.515. The van der Waals surface area contributed by atoms with Gasteiger partial charge in [0, 0.05) is 5.02 Å². The van der Waals surface area contributed by atoms with Crippen molar-refractivity contribution in [1.82, 2.24) is 0 Å². The molecule has 10 heavy (non-hydrogen) atoms. The van der Waals surface area contributed by atoms with E-state index in [1.807, 2.05) is 0 Å². The summed E-state index contributed by atoms with van der Waals surface area (Å²) in [5.74, 6) is -1.73. The molecule has 0 aliphatic carbocycles. The zero-order chi connectivity index (χ0) is 7.72. The van der Waals surface area contributed by atoms with Crippen molar-refractivity contribution >= 4 is 11.6 Å². The number of rotatable bonds is 0. The Morgan fingerprint density at radius 1 is 1.30 bits per heavy atom. The van der Waals surface area contributed by atoms with Crippen LogP contribution in [0.1, 0.15) is 5.56 Å². The van der Waals surface area contributed by atoms with Crippen LogP contribution >= 0.6 is 11.6 Å². The van der Waals surface area contributed by atoms with Crippen molar-refractivity contribution in [2.75, 3.05) is 0 Å². The summed E-state index contributed by atoms with van der Waals surface area (Å²) < 4.78 is 24.9. The first kappa shape index (κ1) is 7.48. The maximum atomic E-state index is 12.5. The second kappa shape index (κ2) is 2.54. The molecule has 0 N–H and O–H groups in total. The van der Waals surface area contributed by atoms with E-state index in [0.717, 1.165) is 6.07 Å². The molecular formula is C7H5ClF2. The molecule has 0 unspecified atom stereocenters. The predicted octanol–water partition coefficient (Wildman–Crippen LogP) is 2.93. The lowest BCUT2D eigenvalue weighted by Gasteiger charge is -1.96. The molecule has 0 nitrogen and oxygen atoms in total. The first-order valence-electron chi connectivity index (χ1n) is 2.72. The molecule has 0 fully saturated rings. The van der Waals surface area contributed by atoms with Crippen LogP contribution in [-0.2, 0) is 0 Å². The third kappa shape index (κ3) is 1.27. The van der Waals surface area contributed by atoms with Crippen LogP contribution in [0.25, 0.3) is 0 Å². The van der Waals surface area contributed by atoms with Crippen LogP contribution in [0.3, 0.4) is 0 Å². The molecule has 0 aliphatic heterocycles. The monoisotopic (exact) mass is 162 g/mol. The van der Waals surface area contributed by atoms with Gasteiger partial charge >= 0.3 is 0 Å². The number of halogens is 3. The number of hydrogen-bond acceptors (Lipinski definition) is 0. The molecule has 1 aromatic rings. The van der Waals surface area contributed by atoms with E-state index in [1.165, 1.54) is 13.0 Å². The van der Waals surface area contributed by atoms with E-state index < -0.39 is 11.6 Å². The van der Waals surface area contributed by atoms with Gasteiger partial charge in [0.25, 0.3) is 0 Å². The summed E-state index contributed by atoms with van der Waals surface area (Å²) in [6, 6.07) is 2.32. The highest BCUT2D eigenvalue weighted by atomic mass is 35.5. The highest BCUT2D eigenvalue weighted by Crippen LogP contribution is 2.17. The largest absolute Gasteiger partial charge is 0.204 e. The molecule has 0 amide bonds. The first-order chi connectivity index (χ1) is 4.61. The Kier molecular flexibility index (Phi) is 1.90. The summed E-state index contributed by atoms with van der Waals surface area (Å²) in [7, 11) is 0. The van der Waals surface area contributed by atoms with Gasteiger partial charge in [-0.1, -0.05) is 11.6 Å². The maximum Gasteiger partial charge on any atom is 0.161 e. The van der Waals surface area contributed by atoms with E-state index in [0.29, 0.717) is 0 Å². The molecule has 54 valence electrons. The molecule has 0 spiro atoms. The summed E-state index contributed by atoms with van der Waals surface area (Å²) in [4.78, 5) is 0. The molecule has 0 aromatic heterocycles. The average Bonchev–Trinajstić information content (AvgIpc) is 1.82. The third-order valence-corrected chi connectivity index (χ3v) is 1.39. The van der Waals surface area contributed by atoms with E-state index in [9.17, 15) is 8.78 Å². The van der Waals surface area contributed by atoms with E-state index in [4.69, 9.17) is 11.6 Å².